The Bertz CT molecular complexity index is 1500. The van der Waals surface area contributed by atoms with Crippen LogP contribution >= 0.6 is 0 Å². The molecule has 0 bridgehead atoms. The maximum Gasteiger partial charge on any atom is 0.435 e. The van der Waals surface area contributed by atoms with Gasteiger partial charge in [-0.1, -0.05) is 20.8 Å². The molecule has 0 atom stereocenters. The Morgan fingerprint density at radius 2 is 1.64 bits per heavy atom. The topological polar surface area (TPSA) is 127 Å². The molecule has 0 saturated heterocycles. The van der Waals surface area contributed by atoms with Gasteiger partial charge in [-0.3, -0.25) is 5.10 Å². The second-order valence-corrected chi connectivity index (χ2v) is 16.5. The number of hydrogen-bond donors (Lipinski definition) is 3. The summed E-state index contributed by atoms with van der Waals surface area (Å²) in [5.74, 6) is -0.307. The zero-order chi connectivity index (χ0) is 33.3. The van der Waals surface area contributed by atoms with Gasteiger partial charge in [0, 0.05) is 11.3 Å². The third-order valence-electron chi connectivity index (χ3n) is 7.28. The molecule has 3 aromatic heterocycles. The van der Waals surface area contributed by atoms with E-state index in [1.807, 2.05) is 13.1 Å². The van der Waals surface area contributed by atoms with E-state index < -0.39 is 38.1 Å². The number of ether oxygens (including phenoxy) is 1. The first-order valence-electron chi connectivity index (χ1n) is 13.5. The molecule has 0 aliphatic carbocycles. The van der Waals surface area contributed by atoms with Gasteiger partial charge >= 0.3 is 18.4 Å². The van der Waals surface area contributed by atoms with Gasteiger partial charge in [0.1, 0.15) is 6.61 Å². The van der Waals surface area contributed by atoms with Gasteiger partial charge in [-0.25, -0.2) is 9.78 Å². The van der Waals surface area contributed by atoms with Crippen LogP contribution in [0.25, 0.3) is 11.3 Å². The predicted octanol–water partition coefficient (Wildman–Crippen LogP) is 6.95. The summed E-state index contributed by atoms with van der Waals surface area (Å²) in [6.07, 6.45) is -9.53. The van der Waals surface area contributed by atoms with Crippen LogP contribution in [0.2, 0.25) is 18.1 Å². The number of nitrogens with zero attached hydrogens (tertiary/aromatic N) is 4. The summed E-state index contributed by atoms with van der Waals surface area (Å²) in [5.41, 5.74) is -2.00. The van der Waals surface area contributed by atoms with Gasteiger partial charge in [-0.05, 0) is 56.6 Å². The first kappa shape index (κ1) is 34.8. The summed E-state index contributed by atoms with van der Waals surface area (Å²) in [6.45, 7) is 14.5. The van der Waals surface area contributed by atoms with Crippen LogP contribution in [0.3, 0.4) is 0 Å². The van der Waals surface area contributed by atoms with E-state index in [0.717, 1.165) is 0 Å². The van der Waals surface area contributed by atoms with Crippen molar-refractivity contribution in [1.82, 2.24) is 30.7 Å². The molecule has 0 unspecified atom stereocenters. The summed E-state index contributed by atoms with van der Waals surface area (Å²) >= 11 is 0. The Kier molecular flexibility index (Phi) is 10.0. The lowest BCUT2D eigenvalue weighted by Crippen LogP contribution is -2.41. The fourth-order valence-electron chi connectivity index (χ4n) is 3.79. The summed E-state index contributed by atoms with van der Waals surface area (Å²) in [7, 11) is -2.11. The normalized spacial score (nSPS) is 12.8. The largest absolute Gasteiger partial charge is 0.475 e. The van der Waals surface area contributed by atoms with E-state index in [-0.39, 0.29) is 64.6 Å². The number of halogens is 6. The van der Waals surface area contributed by atoms with Crippen LogP contribution in [0, 0.1) is 20.8 Å². The first-order chi connectivity index (χ1) is 20.1. The molecule has 10 nitrogen and oxygen atoms in total. The highest BCUT2D eigenvalue weighted by Gasteiger charge is 2.39. The quantitative estimate of drug-likeness (QED) is 0.130. The van der Waals surface area contributed by atoms with Gasteiger partial charge in [0.25, 0.3) is 0 Å². The highest BCUT2D eigenvalue weighted by Crippen LogP contribution is 2.38. The number of aromatic amines is 1. The van der Waals surface area contributed by atoms with Gasteiger partial charge in [0.2, 0.25) is 5.88 Å². The molecule has 17 heteroatoms. The molecule has 3 aromatic rings. The van der Waals surface area contributed by atoms with Crippen molar-refractivity contribution in [3.05, 3.63) is 46.0 Å². The van der Waals surface area contributed by atoms with Crippen LogP contribution in [0.15, 0.2) is 12.1 Å². The smallest absolute Gasteiger partial charge is 0.435 e. The van der Waals surface area contributed by atoms with Gasteiger partial charge < -0.3 is 19.8 Å². The zero-order valence-electron chi connectivity index (χ0n) is 25.6. The van der Waals surface area contributed by atoms with Crippen molar-refractivity contribution < 1.29 is 40.3 Å². The number of aryl methyl sites for hydroxylation is 2. The van der Waals surface area contributed by atoms with E-state index in [0.29, 0.717) is 11.6 Å². The molecule has 0 saturated carbocycles. The second-order valence-electron chi connectivity index (χ2n) is 11.7. The van der Waals surface area contributed by atoms with Crippen molar-refractivity contribution in [3.8, 4) is 17.1 Å². The molecule has 2 amide bonds. The predicted molar refractivity (Wildman–Crippen MR) is 153 cm³/mol. The molecule has 3 N–H and O–H groups in total. The number of rotatable bonds is 9. The molecule has 3 rings (SSSR count). The van der Waals surface area contributed by atoms with Crippen LogP contribution < -0.4 is 15.4 Å². The highest BCUT2D eigenvalue weighted by atomic mass is 28.4. The minimum Gasteiger partial charge on any atom is -0.475 e. The molecular formula is C27H35F6N7O3Si. The Morgan fingerprint density at radius 3 is 2.20 bits per heavy atom. The molecule has 0 aliphatic rings. The molecule has 242 valence electrons. The third-order valence-corrected chi connectivity index (χ3v) is 11.8. The lowest BCUT2D eigenvalue weighted by molar-refractivity contribution is -0.141. The summed E-state index contributed by atoms with van der Waals surface area (Å²) < 4.78 is 92.5. The van der Waals surface area contributed by atoms with Crippen LogP contribution in [-0.4, -0.2) is 52.9 Å². The number of carbonyl (C=O) groups excluding carboxylic acids is 1. The summed E-state index contributed by atoms with van der Waals surface area (Å²) in [5, 5.41) is 18.2. The lowest BCUT2D eigenvalue weighted by Gasteiger charge is -2.36. The Balaban J connectivity index is 1.72. The van der Waals surface area contributed by atoms with Gasteiger partial charge in [-0.15, -0.1) is 5.10 Å². The van der Waals surface area contributed by atoms with Crippen molar-refractivity contribution in [1.29, 1.82) is 0 Å². The Morgan fingerprint density at radius 1 is 0.977 bits per heavy atom. The van der Waals surface area contributed by atoms with E-state index in [1.54, 1.807) is 0 Å². The summed E-state index contributed by atoms with van der Waals surface area (Å²) in [6, 6.07) is 1.26. The van der Waals surface area contributed by atoms with E-state index >= 15 is 0 Å². The van der Waals surface area contributed by atoms with Gasteiger partial charge in [0.15, 0.2) is 19.7 Å². The number of alkyl halides is 6. The van der Waals surface area contributed by atoms with Crippen LogP contribution in [0.4, 0.5) is 36.8 Å². The highest BCUT2D eigenvalue weighted by molar-refractivity contribution is 6.74. The number of anilines is 1. The second kappa shape index (κ2) is 12.7. The van der Waals surface area contributed by atoms with Crippen molar-refractivity contribution in [2.75, 3.05) is 18.5 Å². The molecule has 3 heterocycles. The van der Waals surface area contributed by atoms with Gasteiger partial charge in [0.05, 0.1) is 35.8 Å². The molecule has 0 aromatic carbocycles. The maximum absolute atomic E-state index is 13.6. The Hall–Kier alpha value is -3.73. The maximum atomic E-state index is 13.6. The SMILES string of the molecule is Cc1cc(CNC(=O)Nc2cc(C(F)(F)F)nc(OCCO[Si](C)(C)C(C)(C)C)c2C)nnc1-c1c(C(F)(F)F)n[nH]c1C. The number of amides is 2. The third kappa shape index (κ3) is 8.25. The number of H-pyrrole nitrogens is 1. The average molecular weight is 648 g/mol. The van der Waals surface area contributed by atoms with Crippen LogP contribution in [0.5, 0.6) is 5.88 Å². The van der Waals surface area contributed by atoms with E-state index in [1.165, 1.54) is 26.8 Å². The zero-order valence-corrected chi connectivity index (χ0v) is 26.6. The fourth-order valence-corrected chi connectivity index (χ4v) is 4.81. The number of carbonyl (C=O) groups is 1. The summed E-state index contributed by atoms with van der Waals surface area (Å²) in [4.78, 5) is 16.2. The van der Waals surface area contributed by atoms with Crippen molar-refractivity contribution in [2.24, 2.45) is 0 Å². The number of nitrogens with one attached hydrogen (secondary N) is 3. The fraction of sp³-hybridized carbons (Fsp3) is 0.519. The average Bonchev–Trinajstić information content (AvgIpc) is 3.27. The van der Waals surface area contributed by atoms with E-state index in [2.05, 4.69) is 56.8 Å². The number of urea groups is 1. The lowest BCUT2D eigenvalue weighted by atomic mass is 10.0. The molecule has 0 radical (unpaired) electrons. The molecule has 44 heavy (non-hydrogen) atoms. The number of pyridine rings is 1. The molecule has 0 fully saturated rings. The number of aromatic nitrogens is 5. The minimum atomic E-state index is -4.81. The molecular weight excluding hydrogens is 612 g/mol. The molecule has 0 spiro atoms. The van der Waals surface area contributed by atoms with Crippen molar-refractivity contribution in [2.45, 2.75) is 78.6 Å². The standard InChI is InChI=1S/C27H35F6N7O3Si/c1-14-11-17(38-39-21(14)20-16(3)37-40-22(20)27(31,32)33)13-34-24(41)35-18-12-19(26(28,29)30)36-23(15(18)2)42-9-10-43-44(7,8)25(4,5)6/h11-12H,9-10,13H2,1-8H3,(H,37,40)(H2,34,35,36,41). The van der Waals surface area contributed by atoms with E-state index in [9.17, 15) is 31.1 Å². The number of hydrogen-bond acceptors (Lipinski definition) is 7. The Labute approximate surface area is 251 Å². The van der Waals surface area contributed by atoms with Gasteiger partial charge in [-0.2, -0.15) is 36.5 Å². The molecule has 0 aliphatic heterocycles. The van der Waals surface area contributed by atoms with Crippen molar-refractivity contribution >= 4 is 20.0 Å². The monoisotopic (exact) mass is 647 g/mol. The van der Waals surface area contributed by atoms with E-state index in [4.69, 9.17) is 9.16 Å². The first-order valence-corrected chi connectivity index (χ1v) is 16.4. The van der Waals surface area contributed by atoms with Crippen molar-refractivity contribution in [3.63, 3.8) is 0 Å². The van der Waals surface area contributed by atoms with Crippen LogP contribution in [-0.2, 0) is 23.3 Å². The van der Waals surface area contributed by atoms with Crippen LogP contribution in [0.1, 0.15) is 54.7 Å². The minimum absolute atomic E-state index is 0.0360.